The number of anilines is 2. The van der Waals surface area contributed by atoms with Crippen molar-refractivity contribution in [3.05, 3.63) is 54.1 Å². The minimum atomic E-state index is -0.224. The van der Waals surface area contributed by atoms with Crippen molar-refractivity contribution in [1.82, 2.24) is 10.3 Å². The van der Waals surface area contributed by atoms with Crippen LogP contribution in [0.3, 0.4) is 0 Å². The summed E-state index contributed by atoms with van der Waals surface area (Å²) in [6, 6.07) is 10.4. The van der Waals surface area contributed by atoms with Crippen molar-refractivity contribution in [3.63, 3.8) is 0 Å². The van der Waals surface area contributed by atoms with Gasteiger partial charge in [0.2, 0.25) is 0 Å². The smallest absolute Gasteiger partial charge is 0.123 e. The molecule has 0 radical (unpaired) electrons. The van der Waals surface area contributed by atoms with E-state index in [1.54, 1.807) is 18.3 Å². The van der Waals surface area contributed by atoms with Crippen molar-refractivity contribution in [1.29, 1.82) is 0 Å². The van der Waals surface area contributed by atoms with E-state index in [-0.39, 0.29) is 5.82 Å². The van der Waals surface area contributed by atoms with Crippen LogP contribution in [0.25, 0.3) is 0 Å². The SMILES string of the molecule is CNCc1cc(N(C)c2ccc(F)cc2)ccn1. The van der Waals surface area contributed by atoms with Crippen molar-refractivity contribution in [2.75, 3.05) is 19.0 Å². The van der Waals surface area contributed by atoms with Crippen LogP contribution in [0.15, 0.2) is 42.6 Å². The Morgan fingerprint density at radius 1 is 1.17 bits per heavy atom. The zero-order chi connectivity index (χ0) is 13.0. The molecule has 3 nitrogen and oxygen atoms in total. The van der Waals surface area contributed by atoms with E-state index in [0.717, 1.165) is 23.6 Å². The number of hydrogen-bond acceptors (Lipinski definition) is 3. The maximum Gasteiger partial charge on any atom is 0.123 e. The molecule has 0 amide bonds. The standard InChI is InChI=1S/C14H16FN3/c1-16-10-12-9-14(7-8-17-12)18(2)13-5-3-11(15)4-6-13/h3-9,16H,10H2,1-2H3. The maximum absolute atomic E-state index is 12.9. The van der Waals surface area contributed by atoms with E-state index in [1.165, 1.54) is 12.1 Å². The second-order valence-electron chi connectivity index (χ2n) is 4.07. The van der Waals surface area contributed by atoms with Crippen LogP contribution in [-0.4, -0.2) is 19.1 Å². The molecule has 1 aromatic carbocycles. The minimum absolute atomic E-state index is 0.224. The van der Waals surface area contributed by atoms with Gasteiger partial charge in [0.05, 0.1) is 5.69 Å². The van der Waals surface area contributed by atoms with Crippen molar-refractivity contribution in [3.8, 4) is 0 Å². The Balaban J connectivity index is 2.24. The monoisotopic (exact) mass is 245 g/mol. The number of nitrogens with zero attached hydrogens (tertiary/aromatic N) is 2. The molecule has 18 heavy (non-hydrogen) atoms. The van der Waals surface area contributed by atoms with E-state index in [2.05, 4.69) is 10.3 Å². The van der Waals surface area contributed by atoms with E-state index >= 15 is 0 Å². The van der Waals surface area contributed by atoms with Crippen LogP contribution in [0.4, 0.5) is 15.8 Å². The molecule has 0 aliphatic rings. The van der Waals surface area contributed by atoms with Gasteiger partial charge < -0.3 is 10.2 Å². The molecule has 1 N–H and O–H groups in total. The summed E-state index contributed by atoms with van der Waals surface area (Å²) in [6.45, 7) is 0.727. The van der Waals surface area contributed by atoms with Gasteiger partial charge in [-0.2, -0.15) is 0 Å². The van der Waals surface area contributed by atoms with Crippen LogP contribution in [0, 0.1) is 5.82 Å². The molecule has 2 aromatic rings. The molecule has 94 valence electrons. The van der Waals surface area contributed by atoms with E-state index in [9.17, 15) is 4.39 Å². The predicted octanol–water partition coefficient (Wildman–Crippen LogP) is 2.71. The summed E-state index contributed by atoms with van der Waals surface area (Å²) in [5.74, 6) is -0.224. The van der Waals surface area contributed by atoms with Gasteiger partial charge in [-0.3, -0.25) is 4.98 Å². The van der Waals surface area contributed by atoms with Crippen LogP contribution in [-0.2, 0) is 6.54 Å². The predicted molar refractivity (Wildman–Crippen MR) is 71.5 cm³/mol. The summed E-state index contributed by atoms with van der Waals surface area (Å²) in [6.07, 6.45) is 1.78. The quantitative estimate of drug-likeness (QED) is 0.897. The number of nitrogens with one attached hydrogen (secondary N) is 1. The Kier molecular flexibility index (Phi) is 3.89. The van der Waals surface area contributed by atoms with Gasteiger partial charge in [-0.05, 0) is 43.4 Å². The Hall–Kier alpha value is -1.94. The van der Waals surface area contributed by atoms with Gasteiger partial charge in [0, 0.05) is 31.2 Å². The summed E-state index contributed by atoms with van der Waals surface area (Å²) in [5.41, 5.74) is 2.95. The van der Waals surface area contributed by atoms with Crippen LogP contribution in [0.1, 0.15) is 5.69 Å². The lowest BCUT2D eigenvalue weighted by Gasteiger charge is -2.19. The van der Waals surface area contributed by atoms with Gasteiger partial charge in [-0.15, -0.1) is 0 Å². The molecular formula is C14H16FN3. The first-order valence-corrected chi connectivity index (χ1v) is 5.79. The zero-order valence-corrected chi connectivity index (χ0v) is 10.5. The number of halogens is 1. The molecule has 0 aliphatic heterocycles. The molecule has 0 saturated heterocycles. The van der Waals surface area contributed by atoms with Gasteiger partial charge >= 0.3 is 0 Å². The zero-order valence-electron chi connectivity index (χ0n) is 10.5. The molecule has 0 fully saturated rings. The largest absolute Gasteiger partial charge is 0.345 e. The lowest BCUT2D eigenvalue weighted by Crippen LogP contribution is -2.12. The van der Waals surface area contributed by atoms with Crippen LogP contribution < -0.4 is 10.2 Å². The molecule has 1 aromatic heterocycles. The Morgan fingerprint density at radius 2 is 1.89 bits per heavy atom. The van der Waals surface area contributed by atoms with Crippen LogP contribution >= 0.6 is 0 Å². The molecule has 0 bridgehead atoms. The fraction of sp³-hybridized carbons (Fsp3) is 0.214. The highest BCUT2D eigenvalue weighted by Gasteiger charge is 2.05. The molecular weight excluding hydrogens is 229 g/mol. The molecule has 1 heterocycles. The molecule has 4 heteroatoms. The van der Waals surface area contributed by atoms with E-state index in [0.29, 0.717) is 0 Å². The Morgan fingerprint density at radius 3 is 2.56 bits per heavy atom. The number of rotatable bonds is 4. The first kappa shape index (κ1) is 12.5. The third-order valence-electron chi connectivity index (χ3n) is 2.76. The van der Waals surface area contributed by atoms with Crippen molar-refractivity contribution in [2.45, 2.75) is 6.54 Å². The average Bonchev–Trinajstić information content (AvgIpc) is 2.39. The second kappa shape index (κ2) is 5.60. The van der Waals surface area contributed by atoms with Gasteiger partial charge in [0.1, 0.15) is 5.82 Å². The van der Waals surface area contributed by atoms with Crippen molar-refractivity contribution in [2.24, 2.45) is 0 Å². The summed E-state index contributed by atoms with van der Waals surface area (Å²) in [5, 5.41) is 3.07. The normalized spacial score (nSPS) is 10.4. The van der Waals surface area contributed by atoms with Gasteiger partial charge in [-0.25, -0.2) is 4.39 Å². The topological polar surface area (TPSA) is 28.2 Å². The molecule has 0 unspecified atom stereocenters. The number of hydrogen-bond donors (Lipinski definition) is 1. The summed E-state index contributed by atoms with van der Waals surface area (Å²) < 4.78 is 12.9. The number of pyridine rings is 1. The van der Waals surface area contributed by atoms with Gasteiger partial charge in [0.25, 0.3) is 0 Å². The van der Waals surface area contributed by atoms with Gasteiger partial charge in [-0.1, -0.05) is 0 Å². The third kappa shape index (κ3) is 2.84. The first-order chi connectivity index (χ1) is 8.70. The van der Waals surface area contributed by atoms with Crippen molar-refractivity contribution >= 4 is 11.4 Å². The van der Waals surface area contributed by atoms with Crippen LogP contribution in [0.5, 0.6) is 0 Å². The molecule has 2 rings (SSSR count). The van der Waals surface area contributed by atoms with E-state index < -0.39 is 0 Å². The highest BCUT2D eigenvalue weighted by molar-refractivity contribution is 5.62. The Labute approximate surface area is 106 Å². The summed E-state index contributed by atoms with van der Waals surface area (Å²) in [7, 11) is 3.84. The third-order valence-corrected chi connectivity index (χ3v) is 2.76. The highest BCUT2D eigenvalue weighted by atomic mass is 19.1. The lowest BCUT2D eigenvalue weighted by atomic mass is 10.2. The minimum Gasteiger partial charge on any atom is -0.345 e. The molecule has 0 spiro atoms. The number of aromatic nitrogens is 1. The fourth-order valence-corrected chi connectivity index (χ4v) is 1.77. The highest BCUT2D eigenvalue weighted by Crippen LogP contribution is 2.23. The second-order valence-corrected chi connectivity index (χ2v) is 4.07. The molecule has 0 aliphatic carbocycles. The fourth-order valence-electron chi connectivity index (χ4n) is 1.77. The lowest BCUT2D eigenvalue weighted by molar-refractivity contribution is 0.628. The Bertz CT molecular complexity index is 511. The van der Waals surface area contributed by atoms with Gasteiger partial charge in [0.15, 0.2) is 0 Å². The average molecular weight is 245 g/mol. The van der Waals surface area contributed by atoms with Crippen LogP contribution in [0.2, 0.25) is 0 Å². The number of benzene rings is 1. The van der Waals surface area contributed by atoms with E-state index in [1.807, 2.05) is 31.1 Å². The molecule has 0 atom stereocenters. The summed E-state index contributed by atoms with van der Waals surface area (Å²) in [4.78, 5) is 6.27. The van der Waals surface area contributed by atoms with Crippen molar-refractivity contribution < 1.29 is 4.39 Å². The first-order valence-electron chi connectivity index (χ1n) is 5.79. The van der Waals surface area contributed by atoms with E-state index in [4.69, 9.17) is 0 Å². The summed E-state index contributed by atoms with van der Waals surface area (Å²) >= 11 is 0. The molecule has 0 saturated carbocycles. The maximum atomic E-state index is 12.9.